The Balaban J connectivity index is 1.91. The van der Waals surface area contributed by atoms with E-state index in [0.717, 1.165) is 8.96 Å². The first-order valence-corrected chi connectivity index (χ1v) is 10.7. The summed E-state index contributed by atoms with van der Waals surface area (Å²) in [5, 5.41) is 14.0. The van der Waals surface area contributed by atoms with E-state index in [0.29, 0.717) is 27.8 Å². The van der Waals surface area contributed by atoms with Gasteiger partial charge in [-0.15, -0.1) is 0 Å². The molecule has 1 N–H and O–H groups in total. The van der Waals surface area contributed by atoms with Crippen molar-refractivity contribution in [2.45, 2.75) is 12.1 Å². The van der Waals surface area contributed by atoms with Gasteiger partial charge in [-0.25, -0.2) is 0 Å². The number of rotatable bonds is 6. The zero-order chi connectivity index (χ0) is 21.3. The van der Waals surface area contributed by atoms with E-state index in [-0.39, 0.29) is 12.2 Å². The highest BCUT2D eigenvalue weighted by atomic mass is 127. The maximum Gasteiger partial charge on any atom is 0.242 e. The number of Topliss-reactive ketones (excluding diaryl/α,β-unsaturated/α-hetero) is 1. The summed E-state index contributed by atoms with van der Waals surface area (Å²) < 4.78 is 2.70. The molecule has 0 fully saturated rings. The number of benzene rings is 3. The molecule has 1 unspecified atom stereocenters. The van der Waals surface area contributed by atoms with Crippen LogP contribution in [0.15, 0.2) is 79.0 Å². The van der Waals surface area contributed by atoms with E-state index >= 15 is 0 Å². The first kappa shape index (κ1) is 20.8. The van der Waals surface area contributed by atoms with Gasteiger partial charge in [0.1, 0.15) is 11.3 Å². The van der Waals surface area contributed by atoms with E-state index in [2.05, 4.69) is 22.6 Å². The molecule has 0 saturated carbocycles. The van der Waals surface area contributed by atoms with E-state index in [1.807, 2.05) is 42.5 Å². The van der Waals surface area contributed by atoms with Crippen LogP contribution in [0.25, 0.3) is 10.8 Å². The number of ketones is 1. The molecule has 1 heterocycles. The molecule has 4 rings (SSSR count). The van der Waals surface area contributed by atoms with Gasteiger partial charge in [-0.05, 0) is 58.0 Å². The molecule has 0 spiro atoms. The van der Waals surface area contributed by atoms with Crippen LogP contribution in [0.3, 0.4) is 0 Å². The molecular formula is C24H17ClINO3. The second kappa shape index (κ2) is 8.34. The van der Waals surface area contributed by atoms with Gasteiger partial charge in [0.25, 0.3) is 0 Å². The van der Waals surface area contributed by atoms with Crippen molar-refractivity contribution in [1.29, 1.82) is 0 Å². The highest BCUT2D eigenvalue weighted by Gasteiger charge is 2.34. The van der Waals surface area contributed by atoms with Crippen molar-refractivity contribution >= 4 is 57.0 Å². The van der Waals surface area contributed by atoms with Crippen LogP contribution in [0.2, 0.25) is 5.02 Å². The van der Waals surface area contributed by atoms with Gasteiger partial charge in [0, 0.05) is 25.6 Å². The number of aromatic nitrogens is 1. The summed E-state index contributed by atoms with van der Waals surface area (Å²) in [4.78, 5) is 23.8. The molecule has 0 aliphatic carbocycles. The van der Waals surface area contributed by atoms with Crippen molar-refractivity contribution in [3.05, 3.63) is 104 Å². The van der Waals surface area contributed by atoms with Gasteiger partial charge in [-0.2, -0.15) is 0 Å². The largest absolute Gasteiger partial charge is 0.378 e. The fourth-order valence-corrected chi connectivity index (χ4v) is 4.20. The minimum atomic E-state index is -1.44. The van der Waals surface area contributed by atoms with E-state index < -0.39 is 11.4 Å². The molecule has 1 aromatic heterocycles. The lowest BCUT2D eigenvalue weighted by atomic mass is 9.86. The van der Waals surface area contributed by atoms with Crippen LogP contribution >= 0.6 is 34.2 Å². The summed E-state index contributed by atoms with van der Waals surface area (Å²) in [6.45, 7) is 0.0544. The smallest absolute Gasteiger partial charge is 0.242 e. The average Bonchev–Trinajstić information content (AvgIpc) is 3.11. The van der Waals surface area contributed by atoms with Gasteiger partial charge in [0.15, 0.2) is 6.29 Å². The molecule has 30 heavy (non-hydrogen) atoms. The Bertz CT molecular complexity index is 1180. The van der Waals surface area contributed by atoms with Crippen LogP contribution in [-0.4, -0.2) is 21.7 Å². The predicted molar refractivity (Wildman–Crippen MR) is 126 cm³/mol. The van der Waals surface area contributed by atoms with Crippen LogP contribution in [0, 0.1) is 3.57 Å². The standard InChI is InChI=1S/C24H17ClINO3/c25-19-9-5-17(6-10-19)24(30,18-7-11-20(26)12-8-18)15-27-13-16-3-1-2-4-21(16)23(27)22(29)14-28/h1-14,30H,15H2. The zero-order valence-corrected chi connectivity index (χ0v) is 18.7. The molecule has 0 radical (unpaired) electrons. The van der Waals surface area contributed by atoms with Gasteiger partial charge in [-0.1, -0.05) is 60.1 Å². The molecule has 0 saturated heterocycles. The summed E-state index contributed by atoms with van der Waals surface area (Å²) in [7, 11) is 0. The first-order chi connectivity index (χ1) is 14.4. The van der Waals surface area contributed by atoms with E-state index in [4.69, 9.17) is 11.6 Å². The van der Waals surface area contributed by atoms with Crippen LogP contribution in [0.5, 0.6) is 0 Å². The average molecular weight is 530 g/mol. The Labute approximate surface area is 192 Å². The Morgan fingerprint density at radius 1 is 1.00 bits per heavy atom. The Morgan fingerprint density at radius 3 is 2.23 bits per heavy atom. The maximum atomic E-state index is 12.5. The third kappa shape index (κ3) is 3.80. The fourth-order valence-electron chi connectivity index (χ4n) is 3.71. The number of hydrogen-bond acceptors (Lipinski definition) is 3. The fraction of sp³-hybridized carbons (Fsp3) is 0.0833. The zero-order valence-electron chi connectivity index (χ0n) is 15.8. The van der Waals surface area contributed by atoms with Gasteiger partial charge in [-0.3, -0.25) is 9.59 Å². The Kier molecular flexibility index (Phi) is 5.77. The quantitative estimate of drug-likeness (QED) is 0.161. The molecule has 0 amide bonds. The van der Waals surface area contributed by atoms with Gasteiger partial charge < -0.3 is 9.67 Å². The lowest BCUT2D eigenvalue weighted by Gasteiger charge is -2.31. The molecule has 4 nitrogen and oxygen atoms in total. The summed E-state index contributed by atoms with van der Waals surface area (Å²) in [5.74, 6) is -0.628. The van der Waals surface area contributed by atoms with Crippen LogP contribution in [0.4, 0.5) is 0 Å². The number of halogens is 2. The normalized spacial score (nSPS) is 13.2. The number of fused-ring (bicyclic) bond motifs is 1. The lowest BCUT2D eigenvalue weighted by molar-refractivity contribution is -0.104. The number of carbonyl (C=O) groups excluding carboxylic acids is 2. The highest BCUT2D eigenvalue weighted by molar-refractivity contribution is 14.1. The molecular weight excluding hydrogens is 513 g/mol. The number of aldehydes is 1. The van der Waals surface area contributed by atoms with Crippen LogP contribution in [-0.2, 0) is 16.9 Å². The van der Waals surface area contributed by atoms with Crippen molar-refractivity contribution < 1.29 is 14.7 Å². The first-order valence-electron chi connectivity index (χ1n) is 9.24. The lowest BCUT2D eigenvalue weighted by Crippen LogP contribution is -2.33. The predicted octanol–water partition coefficient (Wildman–Crippen LogP) is 5.22. The highest BCUT2D eigenvalue weighted by Crippen LogP contribution is 2.34. The van der Waals surface area contributed by atoms with Crippen LogP contribution in [0.1, 0.15) is 21.6 Å². The second-order valence-corrected chi connectivity index (χ2v) is 8.73. The number of hydrogen-bond donors (Lipinski definition) is 1. The number of nitrogens with zero attached hydrogens (tertiary/aromatic N) is 1. The second-order valence-electron chi connectivity index (χ2n) is 7.05. The molecule has 1 atom stereocenters. The molecule has 0 aliphatic rings. The van der Waals surface area contributed by atoms with Gasteiger partial charge in [0.05, 0.1) is 6.54 Å². The van der Waals surface area contributed by atoms with E-state index in [1.54, 1.807) is 41.1 Å². The Hall–Kier alpha value is -2.48. The van der Waals surface area contributed by atoms with Crippen LogP contribution < -0.4 is 0 Å². The monoisotopic (exact) mass is 529 g/mol. The minimum Gasteiger partial charge on any atom is -0.378 e. The molecule has 0 aliphatic heterocycles. The van der Waals surface area contributed by atoms with E-state index in [1.165, 1.54) is 0 Å². The summed E-state index contributed by atoms with van der Waals surface area (Å²) in [6, 6.07) is 21.9. The van der Waals surface area contributed by atoms with Crippen molar-refractivity contribution in [1.82, 2.24) is 4.57 Å². The number of carbonyl (C=O) groups is 2. The van der Waals surface area contributed by atoms with Crippen molar-refractivity contribution in [3.63, 3.8) is 0 Å². The van der Waals surface area contributed by atoms with E-state index in [9.17, 15) is 14.7 Å². The molecule has 6 heteroatoms. The van der Waals surface area contributed by atoms with Crippen molar-refractivity contribution in [3.8, 4) is 0 Å². The summed E-state index contributed by atoms with van der Waals surface area (Å²) in [6.07, 6.45) is 2.10. The molecule has 4 aromatic rings. The molecule has 150 valence electrons. The summed E-state index contributed by atoms with van der Waals surface area (Å²) in [5.41, 5.74) is 0.128. The number of aliphatic hydroxyl groups is 1. The summed E-state index contributed by atoms with van der Waals surface area (Å²) >= 11 is 8.26. The van der Waals surface area contributed by atoms with Gasteiger partial charge >= 0.3 is 0 Å². The Morgan fingerprint density at radius 2 is 1.60 bits per heavy atom. The van der Waals surface area contributed by atoms with Gasteiger partial charge in [0.2, 0.25) is 5.78 Å². The third-order valence-corrected chi connectivity index (χ3v) is 6.15. The van der Waals surface area contributed by atoms with Crippen molar-refractivity contribution in [2.24, 2.45) is 0 Å². The topological polar surface area (TPSA) is 59.3 Å². The van der Waals surface area contributed by atoms with Crippen molar-refractivity contribution in [2.75, 3.05) is 0 Å². The molecule has 0 bridgehead atoms. The minimum absolute atomic E-state index is 0.0544. The third-order valence-electron chi connectivity index (χ3n) is 5.18. The molecule has 3 aromatic carbocycles. The maximum absolute atomic E-state index is 12.5. The SMILES string of the molecule is O=CC(=O)c1c2ccccc2cn1CC(O)(c1ccc(Cl)cc1)c1ccc(I)cc1.